The summed E-state index contributed by atoms with van der Waals surface area (Å²) in [5.41, 5.74) is 2.25. The number of ether oxygens (including phenoxy) is 1. The molecular weight excluding hydrogens is 250 g/mol. The summed E-state index contributed by atoms with van der Waals surface area (Å²) in [5, 5.41) is 7.75. The fourth-order valence-corrected chi connectivity index (χ4v) is 2.32. The van der Waals surface area contributed by atoms with Gasteiger partial charge in [-0.05, 0) is 37.6 Å². The number of nitrogens with one attached hydrogen (secondary N) is 1. The summed E-state index contributed by atoms with van der Waals surface area (Å²) in [4.78, 5) is 0. The lowest BCUT2D eigenvalue weighted by atomic mass is 10.0. The molecule has 108 valence electrons. The molecule has 0 radical (unpaired) electrons. The zero-order valence-electron chi connectivity index (χ0n) is 12.7. The van der Waals surface area contributed by atoms with Crippen LogP contribution in [0.25, 0.3) is 0 Å². The summed E-state index contributed by atoms with van der Waals surface area (Å²) in [6.45, 7) is 7.25. The van der Waals surface area contributed by atoms with Gasteiger partial charge in [0.2, 0.25) is 5.88 Å². The predicted molar refractivity (Wildman–Crippen MR) is 81.2 cm³/mol. The third-order valence-corrected chi connectivity index (χ3v) is 3.32. The quantitative estimate of drug-likeness (QED) is 0.874. The Kier molecular flexibility index (Phi) is 4.79. The second-order valence-corrected chi connectivity index (χ2v) is 4.94. The first-order valence-electron chi connectivity index (χ1n) is 7.15. The molecule has 1 aromatic heterocycles. The molecule has 20 heavy (non-hydrogen) atoms. The number of hydrogen-bond acceptors (Lipinski definition) is 3. The summed E-state index contributed by atoms with van der Waals surface area (Å²) in [6, 6.07) is 10.6. The molecule has 0 aliphatic heterocycles. The van der Waals surface area contributed by atoms with Crippen molar-refractivity contribution in [1.82, 2.24) is 15.1 Å². The number of benzene rings is 1. The van der Waals surface area contributed by atoms with Crippen LogP contribution in [0.15, 0.2) is 30.3 Å². The Balaban J connectivity index is 2.10. The van der Waals surface area contributed by atoms with E-state index in [-0.39, 0.29) is 0 Å². The van der Waals surface area contributed by atoms with Gasteiger partial charge >= 0.3 is 0 Å². The molecule has 0 fully saturated rings. The van der Waals surface area contributed by atoms with E-state index in [4.69, 9.17) is 4.74 Å². The Morgan fingerprint density at radius 3 is 2.45 bits per heavy atom. The SMILES string of the molecule is CCNC(CC)c1ccc(Oc2cc(C)nn2C)cc1. The number of rotatable bonds is 6. The van der Waals surface area contributed by atoms with Crippen molar-refractivity contribution in [2.75, 3.05) is 6.54 Å². The second kappa shape index (κ2) is 6.57. The minimum Gasteiger partial charge on any atom is -0.439 e. The van der Waals surface area contributed by atoms with Crippen LogP contribution >= 0.6 is 0 Å². The average molecular weight is 273 g/mol. The van der Waals surface area contributed by atoms with E-state index < -0.39 is 0 Å². The fourth-order valence-electron chi connectivity index (χ4n) is 2.32. The van der Waals surface area contributed by atoms with Gasteiger partial charge in [0.1, 0.15) is 5.75 Å². The molecule has 1 atom stereocenters. The van der Waals surface area contributed by atoms with Crippen LogP contribution in [-0.4, -0.2) is 16.3 Å². The fraction of sp³-hybridized carbons (Fsp3) is 0.438. The van der Waals surface area contributed by atoms with Crippen LogP contribution in [0, 0.1) is 6.92 Å². The van der Waals surface area contributed by atoms with Crippen molar-refractivity contribution in [2.24, 2.45) is 7.05 Å². The monoisotopic (exact) mass is 273 g/mol. The van der Waals surface area contributed by atoms with Crippen molar-refractivity contribution in [2.45, 2.75) is 33.2 Å². The lowest BCUT2D eigenvalue weighted by Gasteiger charge is -2.16. The van der Waals surface area contributed by atoms with Crippen molar-refractivity contribution < 1.29 is 4.74 Å². The maximum absolute atomic E-state index is 5.84. The number of aromatic nitrogens is 2. The van der Waals surface area contributed by atoms with Crippen LogP contribution in [-0.2, 0) is 7.05 Å². The zero-order chi connectivity index (χ0) is 14.5. The Morgan fingerprint density at radius 1 is 1.25 bits per heavy atom. The molecule has 2 aromatic rings. The van der Waals surface area contributed by atoms with E-state index in [1.54, 1.807) is 4.68 Å². The highest BCUT2D eigenvalue weighted by molar-refractivity contribution is 5.32. The van der Waals surface area contributed by atoms with E-state index >= 15 is 0 Å². The Labute approximate surface area is 120 Å². The minimum absolute atomic E-state index is 0.410. The van der Waals surface area contributed by atoms with E-state index in [1.807, 2.05) is 32.2 Å². The van der Waals surface area contributed by atoms with Crippen molar-refractivity contribution in [3.8, 4) is 11.6 Å². The van der Waals surface area contributed by atoms with Gasteiger partial charge in [0.25, 0.3) is 0 Å². The molecule has 1 N–H and O–H groups in total. The van der Waals surface area contributed by atoms with Crippen LogP contribution in [0.2, 0.25) is 0 Å². The van der Waals surface area contributed by atoms with Crippen molar-refractivity contribution in [3.05, 3.63) is 41.6 Å². The van der Waals surface area contributed by atoms with Gasteiger partial charge in [0.15, 0.2) is 0 Å². The predicted octanol–water partition coefficient (Wildman–Crippen LogP) is 3.58. The lowest BCUT2D eigenvalue weighted by Crippen LogP contribution is -2.19. The minimum atomic E-state index is 0.410. The van der Waals surface area contributed by atoms with E-state index in [0.29, 0.717) is 6.04 Å². The smallest absolute Gasteiger partial charge is 0.217 e. The molecule has 0 saturated carbocycles. The van der Waals surface area contributed by atoms with Crippen LogP contribution < -0.4 is 10.1 Å². The molecule has 1 unspecified atom stereocenters. The van der Waals surface area contributed by atoms with Gasteiger partial charge in [-0.3, -0.25) is 0 Å². The van der Waals surface area contributed by atoms with Gasteiger partial charge in [0.05, 0.1) is 5.69 Å². The van der Waals surface area contributed by atoms with Gasteiger partial charge < -0.3 is 10.1 Å². The Hall–Kier alpha value is -1.81. The molecule has 0 bridgehead atoms. The molecule has 4 heteroatoms. The third kappa shape index (κ3) is 3.39. The summed E-state index contributed by atoms with van der Waals surface area (Å²) in [6.07, 6.45) is 1.08. The third-order valence-electron chi connectivity index (χ3n) is 3.32. The molecule has 1 heterocycles. The van der Waals surface area contributed by atoms with Crippen LogP contribution in [0.3, 0.4) is 0 Å². The highest BCUT2D eigenvalue weighted by Crippen LogP contribution is 2.24. The Morgan fingerprint density at radius 2 is 1.95 bits per heavy atom. The first-order chi connectivity index (χ1) is 9.63. The van der Waals surface area contributed by atoms with E-state index in [0.717, 1.165) is 30.3 Å². The molecule has 4 nitrogen and oxygen atoms in total. The van der Waals surface area contributed by atoms with Gasteiger partial charge in [-0.1, -0.05) is 26.0 Å². The van der Waals surface area contributed by atoms with Crippen LogP contribution in [0.1, 0.15) is 37.6 Å². The molecule has 0 amide bonds. The van der Waals surface area contributed by atoms with E-state index in [1.165, 1.54) is 5.56 Å². The highest BCUT2D eigenvalue weighted by Gasteiger charge is 2.08. The average Bonchev–Trinajstić information content (AvgIpc) is 2.75. The van der Waals surface area contributed by atoms with Crippen LogP contribution in [0.5, 0.6) is 11.6 Å². The molecular formula is C16H23N3O. The van der Waals surface area contributed by atoms with Crippen LogP contribution in [0.4, 0.5) is 0 Å². The summed E-state index contributed by atoms with van der Waals surface area (Å²) in [5.74, 6) is 1.59. The summed E-state index contributed by atoms with van der Waals surface area (Å²) < 4.78 is 7.59. The topological polar surface area (TPSA) is 39.1 Å². The van der Waals surface area contributed by atoms with Gasteiger partial charge in [-0.15, -0.1) is 0 Å². The normalized spacial score (nSPS) is 12.4. The largest absolute Gasteiger partial charge is 0.439 e. The Bertz CT molecular complexity index is 545. The van der Waals surface area contributed by atoms with E-state index in [9.17, 15) is 0 Å². The molecule has 0 saturated heterocycles. The van der Waals surface area contributed by atoms with Gasteiger partial charge in [-0.25, -0.2) is 4.68 Å². The second-order valence-electron chi connectivity index (χ2n) is 4.94. The molecule has 1 aromatic carbocycles. The number of aryl methyl sites for hydroxylation is 2. The number of nitrogens with zero attached hydrogens (tertiary/aromatic N) is 2. The summed E-state index contributed by atoms with van der Waals surface area (Å²) in [7, 11) is 1.88. The number of hydrogen-bond donors (Lipinski definition) is 1. The van der Waals surface area contributed by atoms with Crippen molar-refractivity contribution in [1.29, 1.82) is 0 Å². The van der Waals surface area contributed by atoms with E-state index in [2.05, 4.69) is 36.4 Å². The van der Waals surface area contributed by atoms with Gasteiger partial charge in [0, 0.05) is 19.2 Å². The lowest BCUT2D eigenvalue weighted by molar-refractivity contribution is 0.430. The van der Waals surface area contributed by atoms with Gasteiger partial charge in [-0.2, -0.15) is 5.10 Å². The highest BCUT2D eigenvalue weighted by atomic mass is 16.5. The standard InChI is InChI=1S/C16H23N3O/c1-5-15(17-6-2)13-7-9-14(10-8-13)20-16-11-12(3)18-19(16)4/h7-11,15,17H,5-6H2,1-4H3. The first kappa shape index (κ1) is 14.6. The van der Waals surface area contributed by atoms with Crippen molar-refractivity contribution >= 4 is 0 Å². The zero-order valence-corrected chi connectivity index (χ0v) is 12.7. The molecule has 0 aliphatic carbocycles. The molecule has 0 spiro atoms. The maximum Gasteiger partial charge on any atom is 0.217 e. The van der Waals surface area contributed by atoms with Crippen molar-refractivity contribution in [3.63, 3.8) is 0 Å². The summed E-state index contributed by atoms with van der Waals surface area (Å²) >= 11 is 0. The molecule has 0 aliphatic rings. The molecule has 2 rings (SSSR count). The maximum atomic E-state index is 5.84. The first-order valence-corrected chi connectivity index (χ1v) is 7.15.